The van der Waals surface area contributed by atoms with Crippen molar-refractivity contribution in [2.24, 2.45) is 0 Å². The highest BCUT2D eigenvalue weighted by atomic mass is 127. The van der Waals surface area contributed by atoms with Crippen LogP contribution in [0.5, 0.6) is 0 Å². The van der Waals surface area contributed by atoms with E-state index < -0.39 is 21.7 Å². The first-order chi connectivity index (χ1) is 14.0. The molecule has 2 fully saturated rings. The molecule has 1 heterocycles. The lowest BCUT2D eigenvalue weighted by molar-refractivity contribution is 0.191. The van der Waals surface area contributed by atoms with Crippen molar-refractivity contribution in [1.82, 2.24) is 12.7 Å². The van der Waals surface area contributed by atoms with E-state index in [4.69, 9.17) is 0 Å². The molecule has 168 valence electrons. The van der Waals surface area contributed by atoms with E-state index in [1.165, 1.54) is 22.7 Å². The maximum Gasteiger partial charge on any atom is 0.326 e. The smallest absolute Gasteiger partial charge is 0.326 e. The zero-order valence-electron chi connectivity index (χ0n) is 17.2. The van der Waals surface area contributed by atoms with Gasteiger partial charge in [0.2, 0.25) is 10.0 Å². The van der Waals surface area contributed by atoms with Crippen LogP contribution in [0.15, 0.2) is 18.2 Å². The molecule has 2 amide bonds. The molecule has 30 heavy (non-hydrogen) atoms. The summed E-state index contributed by atoms with van der Waals surface area (Å²) in [6, 6.07) is 3.52. The van der Waals surface area contributed by atoms with Gasteiger partial charge in [0, 0.05) is 31.2 Å². The lowest BCUT2D eigenvalue weighted by atomic mass is 9.69. The number of benzene rings is 1. The van der Waals surface area contributed by atoms with Crippen molar-refractivity contribution in [3.63, 3.8) is 0 Å². The number of sulfonamides is 1. The minimum absolute atomic E-state index is 0.00674. The first-order valence-corrected chi connectivity index (χ1v) is 13.0. The van der Waals surface area contributed by atoms with Gasteiger partial charge in [0.15, 0.2) is 0 Å². The van der Waals surface area contributed by atoms with Crippen LogP contribution in [0, 0.1) is 11.6 Å². The summed E-state index contributed by atoms with van der Waals surface area (Å²) in [7, 11) is -3.19. The van der Waals surface area contributed by atoms with Gasteiger partial charge in [0.05, 0.1) is 29.1 Å². The molecule has 0 spiro atoms. The van der Waals surface area contributed by atoms with Crippen LogP contribution in [0.3, 0.4) is 0 Å². The van der Waals surface area contributed by atoms with Crippen LogP contribution in [0.25, 0.3) is 0 Å². The number of carbonyl (C=O) groups is 1. The number of amides is 2. The van der Waals surface area contributed by atoms with Gasteiger partial charge in [-0.25, -0.2) is 26.3 Å². The van der Waals surface area contributed by atoms with Gasteiger partial charge in [0.1, 0.15) is 11.6 Å². The van der Waals surface area contributed by atoms with E-state index >= 15 is 0 Å². The average molecular weight is 555 g/mol. The molecule has 0 bridgehead atoms. The first kappa shape index (κ1) is 23.6. The zero-order valence-corrected chi connectivity index (χ0v) is 20.2. The number of hydrogen-bond acceptors (Lipinski definition) is 3. The van der Waals surface area contributed by atoms with Crippen LogP contribution in [0.1, 0.15) is 51.0 Å². The molecule has 1 aromatic rings. The molecule has 1 saturated heterocycles. The van der Waals surface area contributed by atoms with Crippen LogP contribution < -0.4 is 5.32 Å². The largest absolute Gasteiger partial charge is 0.335 e. The molecular formula is C20H28F2IN3O3S. The van der Waals surface area contributed by atoms with E-state index in [1.54, 1.807) is 3.11 Å². The summed E-state index contributed by atoms with van der Waals surface area (Å²) in [6.07, 6.45) is 5.35. The van der Waals surface area contributed by atoms with Crippen molar-refractivity contribution in [3.8, 4) is 0 Å². The highest BCUT2D eigenvalue weighted by Gasteiger charge is 2.35. The summed E-state index contributed by atoms with van der Waals surface area (Å²) in [5.74, 6) is -1.13. The minimum Gasteiger partial charge on any atom is -0.335 e. The van der Waals surface area contributed by atoms with Crippen molar-refractivity contribution in [3.05, 3.63) is 35.4 Å². The lowest BCUT2D eigenvalue weighted by Crippen LogP contribution is -2.50. The van der Waals surface area contributed by atoms with Gasteiger partial charge in [-0.3, -0.25) is 3.11 Å². The maximum absolute atomic E-state index is 13.6. The molecule has 1 aliphatic carbocycles. The van der Waals surface area contributed by atoms with Crippen LogP contribution in [0.4, 0.5) is 13.6 Å². The Kier molecular flexibility index (Phi) is 7.28. The number of urea groups is 1. The molecule has 6 nitrogen and oxygen atoms in total. The summed E-state index contributed by atoms with van der Waals surface area (Å²) in [5, 5.41) is 3.07. The van der Waals surface area contributed by atoms with E-state index in [1.807, 2.05) is 29.8 Å². The molecule has 1 N–H and O–H groups in total. The molecular weight excluding hydrogens is 527 g/mol. The molecule has 1 aliphatic heterocycles. The predicted octanol–water partition coefficient (Wildman–Crippen LogP) is 3.95. The fourth-order valence-electron chi connectivity index (χ4n) is 4.39. The van der Waals surface area contributed by atoms with Gasteiger partial charge < -0.3 is 5.32 Å². The maximum atomic E-state index is 13.6. The number of hydrogen-bond donors (Lipinski definition) is 1. The van der Waals surface area contributed by atoms with Crippen LogP contribution in [-0.2, 0) is 15.4 Å². The van der Waals surface area contributed by atoms with E-state index in [9.17, 15) is 22.0 Å². The molecule has 10 heteroatoms. The zero-order chi connectivity index (χ0) is 22.1. The van der Waals surface area contributed by atoms with Crippen LogP contribution in [0.2, 0.25) is 0 Å². The Hall–Kier alpha value is -1.01. The molecule has 0 unspecified atom stereocenters. The highest BCUT2D eigenvalue weighted by Crippen LogP contribution is 2.39. The quantitative estimate of drug-likeness (QED) is 0.452. The standard InChI is InChI=1S/C20H28F2IN3O3S/c1-20(14-11-15(21)13-16(22)12-14)7-3-17(4-8-20)24-19(27)26(23)18-5-9-25(10-6-18)30(2,28)29/h11-13,17-18H,3-10H2,1-2H3,(H,24,27). The number of halogens is 3. The monoisotopic (exact) mass is 555 g/mol. The number of rotatable bonds is 4. The molecule has 0 atom stereocenters. The predicted molar refractivity (Wildman–Crippen MR) is 120 cm³/mol. The topological polar surface area (TPSA) is 69.7 Å². The molecule has 3 rings (SSSR count). The Bertz CT molecular complexity index is 863. The van der Waals surface area contributed by atoms with Crippen molar-refractivity contribution >= 4 is 38.9 Å². The van der Waals surface area contributed by atoms with E-state index in [0.29, 0.717) is 31.5 Å². The molecule has 1 saturated carbocycles. The summed E-state index contributed by atoms with van der Waals surface area (Å²) < 4.78 is 53.6. The molecule has 2 aliphatic rings. The van der Waals surface area contributed by atoms with Gasteiger partial charge in [-0.1, -0.05) is 6.92 Å². The number of piperidine rings is 1. The summed E-state index contributed by atoms with van der Waals surface area (Å²) in [6.45, 7) is 2.85. The Morgan fingerprint density at radius 2 is 1.67 bits per heavy atom. The normalized spacial score (nSPS) is 26.4. The Morgan fingerprint density at radius 1 is 1.13 bits per heavy atom. The third-order valence-corrected chi connectivity index (χ3v) is 8.91. The van der Waals surface area contributed by atoms with Gasteiger partial charge >= 0.3 is 6.03 Å². The number of carbonyl (C=O) groups excluding carboxylic acids is 1. The van der Waals surface area contributed by atoms with E-state index in [0.717, 1.165) is 31.7 Å². The average Bonchev–Trinajstić information content (AvgIpc) is 2.68. The van der Waals surface area contributed by atoms with Crippen molar-refractivity contribution in [2.45, 2.75) is 62.9 Å². The lowest BCUT2D eigenvalue weighted by Gasteiger charge is -2.39. The molecule has 0 radical (unpaired) electrons. The second-order valence-corrected chi connectivity index (χ2v) is 11.7. The van der Waals surface area contributed by atoms with E-state index in [2.05, 4.69) is 5.32 Å². The first-order valence-electron chi connectivity index (χ1n) is 10.2. The van der Waals surface area contributed by atoms with Gasteiger partial charge in [-0.05, 0) is 61.6 Å². The second-order valence-electron chi connectivity index (χ2n) is 8.65. The Morgan fingerprint density at radius 3 is 2.17 bits per heavy atom. The molecule has 1 aromatic carbocycles. The number of nitrogens with zero attached hydrogens (tertiary/aromatic N) is 2. The summed E-state index contributed by atoms with van der Waals surface area (Å²) in [4.78, 5) is 12.7. The Labute approximate surface area is 190 Å². The van der Waals surface area contributed by atoms with Crippen molar-refractivity contribution < 1.29 is 22.0 Å². The van der Waals surface area contributed by atoms with Crippen molar-refractivity contribution in [1.29, 1.82) is 0 Å². The fraction of sp³-hybridized carbons (Fsp3) is 0.650. The van der Waals surface area contributed by atoms with Gasteiger partial charge in [0.25, 0.3) is 0 Å². The van der Waals surface area contributed by atoms with Gasteiger partial charge in [-0.2, -0.15) is 0 Å². The Balaban J connectivity index is 1.51. The SMILES string of the molecule is CC1(c2cc(F)cc(F)c2)CCC(NC(=O)N(I)C2CCN(S(C)(=O)=O)CC2)CC1. The minimum atomic E-state index is -3.19. The van der Waals surface area contributed by atoms with E-state index in [-0.39, 0.29) is 23.5 Å². The fourth-order valence-corrected chi connectivity index (χ4v) is 5.96. The third-order valence-electron chi connectivity index (χ3n) is 6.38. The van der Waals surface area contributed by atoms with Crippen LogP contribution in [-0.4, -0.2) is 53.3 Å². The van der Waals surface area contributed by atoms with Crippen molar-refractivity contribution in [2.75, 3.05) is 19.3 Å². The molecule has 0 aromatic heterocycles. The third kappa shape index (κ3) is 5.61. The second kappa shape index (κ2) is 9.23. The summed E-state index contributed by atoms with van der Waals surface area (Å²) in [5.41, 5.74) is 0.352. The summed E-state index contributed by atoms with van der Waals surface area (Å²) >= 11 is 2.00. The highest BCUT2D eigenvalue weighted by molar-refractivity contribution is 14.1. The number of nitrogens with one attached hydrogen (secondary N) is 1. The van der Waals surface area contributed by atoms with Gasteiger partial charge in [-0.15, -0.1) is 0 Å². The van der Waals surface area contributed by atoms with Crippen LogP contribution >= 0.6 is 22.9 Å².